The maximum atomic E-state index is 13.7. The van der Waals surface area contributed by atoms with Crippen LogP contribution in [-0.2, 0) is 0 Å². The SMILES string of the molecule is Nc1nsnc1-c1ccc(Br)c(Cl)c1F. The standard InChI is InChI=1S/C8H4BrClFN3S/c9-4-2-1-3(6(11)5(4)10)7-8(12)14-15-13-7/h1-2H,(H2,12,14). The minimum atomic E-state index is -0.551. The summed E-state index contributed by atoms with van der Waals surface area (Å²) in [7, 11) is 0. The van der Waals surface area contributed by atoms with Gasteiger partial charge >= 0.3 is 0 Å². The highest BCUT2D eigenvalue weighted by Gasteiger charge is 2.16. The molecule has 2 N–H and O–H groups in total. The van der Waals surface area contributed by atoms with Crippen molar-refractivity contribution in [1.82, 2.24) is 8.75 Å². The first-order valence-electron chi connectivity index (χ1n) is 3.83. The van der Waals surface area contributed by atoms with E-state index in [1.165, 1.54) is 0 Å². The van der Waals surface area contributed by atoms with Crippen LogP contribution in [-0.4, -0.2) is 8.75 Å². The van der Waals surface area contributed by atoms with Gasteiger partial charge in [0, 0.05) is 10.0 Å². The van der Waals surface area contributed by atoms with Gasteiger partial charge in [0.2, 0.25) is 0 Å². The summed E-state index contributed by atoms with van der Waals surface area (Å²) >= 11 is 9.80. The van der Waals surface area contributed by atoms with Gasteiger partial charge in [-0.15, -0.1) is 0 Å². The number of hydrogen-bond acceptors (Lipinski definition) is 4. The van der Waals surface area contributed by atoms with Crippen molar-refractivity contribution in [2.24, 2.45) is 0 Å². The number of halogens is 3. The third-order valence-electron chi connectivity index (χ3n) is 1.80. The second-order valence-electron chi connectivity index (χ2n) is 2.72. The van der Waals surface area contributed by atoms with E-state index in [0.29, 0.717) is 10.2 Å². The summed E-state index contributed by atoms with van der Waals surface area (Å²) in [6.45, 7) is 0. The van der Waals surface area contributed by atoms with Crippen LogP contribution >= 0.6 is 39.3 Å². The van der Waals surface area contributed by atoms with Gasteiger partial charge in [0.1, 0.15) is 5.69 Å². The lowest BCUT2D eigenvalue weighted by Crippen LogP contribution is -1.92. The molecule has 0 fully saturated rings. The van der Waals surface area contributed by atoms with Crippen molar-refractivity contribution in [2.45, 2.75) is 0 Å². The monoisotopic (exact) mass is 307 g/mol. The number of aromatic nitrogens is 2. The molecule has 78 valence electrons. The lowest BCUT2D eigenvalue weighted by molar-refractivity contribution is 0.630. The second-order valence-corrected chi connectivity index (χ2v) is 4.48. The van der Waals surface area contributed by atoms with Crippen molar-refractivity contribution in [1.29, 1.82) is 0 Å². The Hall–Kier alpha value is -0.720. The van der Waals surface area contributed by atoms with Crippen LogP contribution < -0.4 is 5.73 Å². The fraction of sp³-hybridized carbons (Fsp3) is 0. The van der Waals surface area contributed by atoms with Gasteiger partial charge in [-0.05, 0) is 28.1 Å². The van der Waals surface area contributed by atoms with Crippen LogP contribution in [0.1, 0.15) is 0 Å². The number of hydrogen-bond donors (Lipinski definition) is 1. The van der Waals surface area contributed by atoms with E-state index < -0.39 is 5.82 Å². The average Bonchev–Trinajstić information content (AvgIpc) is 2.62. The van der Waals surface area contributed by atoms with E-state index in [-0.39, 0.29) is 16.4 Å². The third kappa shape index (κ3) is 1.84. The number of anilines is 1. The molecule has 0 unspecified atom stereocenters. The van der Waals surface area contributed by atoms with E-state index in [4.69, 9.17) is 17.3 Å². The van der Waals surface area contributed by atoms with Gasteiger partial charge in [0.15, 0.2) is 11.6 Å². The molecule has 1 heterocycles. The summed E-state index contributed by atoms with van der Waals surface area (Å²) in [6.07, 6.45) is 0. The Morgan fingerprint density at radius 3 is 2.73 bits per heavy atom. The molecule has 0 amide bonds. The van der Waals surface area contributed by atoms with Gasteiger partial charge in [0.05, 0.1) is 16.8 Å². The van der Waals surface area contributed by atoms with Gasteiger partial charge in [-0.2, -0.15) is 8.75 Å². The van der Waals surface area contributed by atoms with Gasteiger partial charge in [-0.1, -0.05) is 11.6 Å². The summed E-state index contributed by atoms with van der Waals surface area (Å²) in [5, 5.41) is 0.0138. The average molecular weight is 309 g/mol. The lowest BCUT2D eigenvalue weighted by Gasteiger charge is -2.03. The van der Waals surface area contributed by atoms with Gasteiger partial charge in [-0.3, -0.25) is 0 Å². The molecule has 2 aromatic rings. The molecule has 3 nitrogen and oxygen atoms in total. The molecule has 0 aliphatic carbocycles. The Bertz CT molecular complexity index is 517. The zero-order valence-corrected chi connectivity index (χ0v) is 10.3. The summed E-state index contributed by atoms with van der Waals surface area (Å²) < 4.78 is 21.9. The topological polar surface area (TPSA) is 51.8 Å². The van der Waals surface area contributed by atoms with Crippen molar-refractivity contribution in [3.8, 4) is 11.3 Å². The smallest absolute Gasteiger partial charge is 0.165 e. The first-order valence-corrected chi connectivity index (χ1v) is 5.73. The van der Waals surface area contributed by atoms with Crippen molar-refractivity contribution in [3.05, 3.63) is 27.4 Å². The molecular formula is C8H4BrClFN3S. The van der Waals surface area contributed by atoms with E-state index in [2.05, 4.69) is 24.7 Å². The van der Waals surface area contributed by atoms with Gasteiger partial charge < -0.3 is 5.73 Å². The zero-order chi connectivity index (χ0) is 11.0. The predicted octanol–water partition coefficient (Wildman–Crippen LogP) is 3.34. The molecule has 0 aliphatic rings. The van der Waals surface area contributed by atoms with Gasteiger partial charge in [-0.25, -0.2) is 4.39 Å². The highest BCUT2D eigenvalue weighted by molar-refractivity contribution is 9.10. The highest BCUT2D eigenvalue weighted by atomic mass is 79.9. The number of nitrogens with zero attached hydrogens (tertiary/aromatic N) is 2. The van der Waals surface area contributed by atoms with Crippen LogP contribution in [0.5, 0.6) is 0 Å². The van der Waals surface area contributed by atoms with Crippen molar-refractivity contribution in [3.63, 3.8) is 0 Å². The second kappa shape index (κ2) is 4.03. The Morgan fingerprint density at radius 1 is 1.40 bits per heavy atom. The zero-order valence-electron chi connectivity index (χ0n) is 7.17. The van der Waals surface area contributed by atoms with Crippen LogP contribution in [0.2, 0.25) is 5.02 Å². The molecule has 1 aromatic carbocycles. The quantitative estimate of drug-likeness (QED) is 0.822. The number of nitrogens with two attached hydrogens (primary N) is 1. The Balaban J connectivity index is 2.65. The van der Waals surface area contributed by atoms with Gasteiger partial charge in [0.25, 0.3) is 0 Å². The third-order valence-corrected chi connectivity index (χ3v) is 3.61. The maximum absolute atomic E-state index is 13.7. The minimum Gasteiger partial charge on any atom is -0.381 e. The van der Waals surface area contributed by atoms with E-state index in [9.17, 15) is 4.39 Å². The van der Waals surface area contributed by atoms with Crippen LogP contribution in [0, 0.1) is 5.82 Å². The van der Waals surface area contributed by atoms with Crippen LogP contribution in [0.15, 0.2) is 16.6 Å². The highest BCUT2D eigenvalue weighted by Crippen LogP contribution is 2.34. The minimum absolute atomic E-state index is 0.0138. The molecular weight excluding hydrogens is 305 g/mol. The molecule has 15 heavy (non-hydrogen) atoms. The molecule has 0 radical (unpaired) electrons. The largest absolute Gasteiger partial charge is 0.381 e. The number of nitrogen functional groups attached to an aromatic ring is 1. The first-order chi connectivity index (χ1) is 7.11. The molecule has 2 rings (SSSR count). The van der Waals surface area contributed by atoms with Crippen molar-refractivity contribution < 1.29 is 4.39 Å². The van der Waals surface area contributed by atoms with E-state index in [1.54, 1.807) is 12.1 Å². The summed E-state index contributed by atoms with van der Waals surface area (Å²) in [5.74, 6) is -0.345. The maximum Gasteiger partial charge on any atom is 0.165 e. The molecule has 7 heteroatoms. The van der Waals surface area contributed by atoms with Crippen LogP contribution in [0.3, 0.4) is 0 Å². The van der Waals surface area contributed by atoms with E-state index in [0.717, 1.165) is 11.7 Å². The molecule has 0 aliphatic heterocycles. The van der Waals surface area contributed by atoms with E-state index >= 15 is 0 Å². The molecule has 0 bridgehead atoms. The Labute approximate surface area is 103 Å². The fourth-order valence-corrected chi connectivity index (χ4v) is 2.05. The summed E-state index contributed by atoms with van der Waals surface area (Å²) in [4.78, 5) is 0. The Kier molecular flexibility index (Phi) is 2.90. The van der Waals surface area contributed by atoms with Crippen LogP contribution in [0.4, 0.5) is 10.2 Å². The lowest BCUT2D eigenvalue weighted by atomic mass is 10.1. The molecule has 0 atom stereocenters. The first kappa shape index (κ1) is 10.8. The van der Waals surface area contributed by atoms with Crippen molar-refractivity contribution in [2.75, 3.05) is 5.73 Å². The fourth-order valence-electron chi connectivity index (χ4n) is 1.09. The summed E-state index contributed by atoms with van der Waals surface area (Å²) in [5.41, 5.74) is 6.13. The molecule has 0 spiro atoms. The predicted molar refractivity (Wildman–Crippen MR) is 62.4 cm³/mol. The summed E-state index contributed by atoms with van der Waals surface area (Å²) in [6, 6.07) is 3.19. The molecule has 0 saturated heterocycles. The molecule has 1 aromatic heterocycles. The number of rotatable bonds is 1. The van der Waals surface area contributed by atoms with Crippen LogP contribution in [0.25, 0.3) is 11.3 Å². The van der Waals surface area contributed by atoms with E-state index in [1.807, 2.05) is 0 Å². The Morgan fingerprint density at radius 2 is 2.13 bits per heavy atom. The molecule has 0 saturated carbocycles. The van der Waals surface area contributed by atoms with Crippen molar-refractivity contribution >= 4 is 45.1 Å². The number of benzene rings is 1. The normalized spacial score (nSPS) is 10.6.